The molecule has 2 aromatic carbocycles. The van der Waals surface area contributed by atoms with Gasteiger partial charge in [-0.3, -0.25) is 0 Å². The van der Waals surface area contributed by atoms with Crippen molar-refractivity contribution in [3.05, 3.63) is 64.5 Å². The minimum atomic E-state index is -0.636. The van der Waals surface area contributed by atoms with Crippen molar-refractivity contribution in [2.24, 2.45) is 0 Å². The third-order valence-electron chi connectivity index (χ3n) is 3.11. The van der Waals surface area contributed by atoms with E-state index in [2.05, 4.69) is 32.0 Å². The Hall–Kier alpha value is -1.32. The molecule has 1 N–H and O–H groups in total. The summed E-state index contributed by atoms with van der Waals surface area (Å²) in [5, 5.41) is 9.43. The molecule has 0 saturated heterocycles. The Morgan fingerprint density at radius 1 is 1.10 bits per heavy atom. The van der Waals surface area contributed by atoms with Crippen molar-refractivity contribution in [2.75, 3.05) is 0 Å². The van der Waals surface area contributed by atoms with E-state index in [1.807, 2.05) is 0 Å². The Morgan fingerprint density at radius 2 is 1.75 bits per heavy atom. The summed E-state index contributed by atoms with van der Waals surface area (Å²) in [6.45, 7) is 5.77. The molecule has 3 heteroatoms. The first kappa shape index (κ1) is 15.1. The summed E-state index contributed by atoms with van der Waals surface area (Å²) in [5.74, 6) is 0.478. The largest absolute Gasteiger partial charge is 0.389 e. The molecule has 0 spiro atoms. The van der Waals surface area contributed by atoms with Gasteiger partial charge in [0, 0.05) is 10.6 Å². The van der Waals surface area contributed by atoms with Crippen LogP contribution < -0.4 is 0 Å². The van der Waals surface area contributed by atoms with Gasteiger partial charge in [0.2, 0.25) is 0 Å². The number of aliphatic hydroxyl groups excluding tert-OH is 1. The molecule has 0 aliphatic rings. The monoisotopic (exact) mass is 290 g/mol. The highest BCUT2D eigenvalue weighted by Crippen LogP contribution is 2.28. The quantitative estimate of drug-likeness (QED) is 0.817. The number of benzene rings is 2. The van der Waals surface area contributed by atoms with Crippen LogP contribution in [0.3, 0.4) is 0 Å². The van der Waals surface area contributed by atoms with E-state index in [1.54, 1.807) is 19.1 Å². The number of halogens is 1. The molecule has 0 heterocycles. The molecule has 0 saturated carbocycles. The number of rotatable bonds is 4. The van der Waals surface area contributed by atoms with Crippen LogP contribution in [0.2, 0.25) is 0 Å². The van der Waals surface area contributed by atoms with Gasteiger partial charge in [-0.15, -0.1) is 11.8 Å². The summed E-state index contributed by atoms with van der Waals surface area (Å²) >= 11 is 1.48. The van der Waals surface area contributed by atoms with Gasteiger partial charge >= 0.3 is 0 Å². The van der Waals surface area contributed by atoms with E-state index in [-0.39, 0.29) is 5.82 Å². The zero-order valence-electron chi connectivity index (χ0n) is 12.0. The minimum Gasteiger partial charge on any atom is -0.389 e. The third kappa shape index (κ3) is 3.84. The molecule has 0 aliphatic heterocycles. The van der Waals surface area contributed by atoms with Gasteiger partial charge in [-0.1, -0.05) is 35.4 Å². The van der Waals surface area contributed by atoms with Crippen LogP contribution in [0.4, 0.5) is 4.39 Å². The van der Waals surface area contributed by atoms with Gasteiger partial charge in [0.15, 0.2) is 0 Å². The van der Waals surface area contributed by atoms with E-state index in [0.29, 0.717) is 10.5 Å². The molecule has 0 unspecified atom stereocenters. The Kier molecular flexibility index (Phi) is 4.84. The number of aliphatic hydroxyl groups is 1. The summed E-state index contributed by atoms with van der Waals surface area (Å²) in [5.41, 5.74) is 4.26. The molecule has 2 aromatic rings. The summed E-state index contributed by atoms with van der Waals surface area (Å²) in [7, 11) is 0. The lowest BCUT2D eigenvalue weighted by molar-refractivity contribution is 0.198. The predicted octanol–water partition coefficient (Wildman–Crippen LogP) is 4.79. The maximum atomic E-state index is 13.9. The Bertz CT molecular complexity index is 588. The molecule has 0 radical (unpaired) electrons. The fourth-order valence-electron chi connectivity index (χ4n) is 2.21. The first-order valence-corrected chi connectivity index (χ1v) is 7.62. The maximum absolute atomic E-state index is 13.9. The second kappa shape index (κ2) is 6.42. The zero-order chi connectivity index (χ0) is 14.7. The average molecular weight is 290 g/mol. The maximum Gasteiger partial charge on any atom is 0.137 e. The van der Waals surface area contributed by atoms with Crippen molar-refractivity contribution in [3.63, 3.8) is 0 Å². The standard InChI is InChI=1S/C17H19FOS/c1-11-6-12(2)8-14(7-11)10-20-17-5-4-15(13(3)19)9-16(17)18/h4-9,13,19H,10H2,1-3H3/t13-/m0/s1. The first-order valence-electron chi connectivity index (χ1n) is 6.63. The van der Waals surface area contributed by atoms with E-state index in [9.17, 15) is 9.50 Å². The number of hydrogen-bond acceptors (Lipinski definition) is 2. The average Bonchev–Trinajstić information content (AvgIpc) is 2.36. The molecule has 0 aromatic heterocycles. The highest BCUT2D eigenvalue weighted by molar-refractivity contribution is 7.98. The second-order valence-corrected chi connectivity index (χ2v) is 6.17. The van der Waals surface area contributed by atoms with Gasteiger partial charge in [0.1, 0.15) is 5.82 Å². The summed E-state index contributed by atoms with van der Waals surface area (Å²) < 4.78 is 13.9. The molecule has 0 aliphatic carbocycles. The minimum absolute atomic E-state index is 0.266. The van der Waals surface area contributed by atoms with Crippen LogP contribution in [-0.4, -0.2) is 5.11 Å². The molecule has 0 amide bonds. The fraction of sp³-hybridized carbons (Fsp3) is 0.294. The van der Waals surface area contributed by atoms with Crippen molar-refractivity contribution in [1.29, 1.82) is 0 Å². The Morgan fingerprint density at radius 3 is 2.30 bits per heavy atom. The highest BCUT2D eigenvalue weighted by Gasteiger charge is 2.08. The number of aryl methyl sites for hydroxylation is 2. The van der Waals surface area contributed by atoms with Crippen LogP contribution >= 0.6 is 11.8 Å². The van der Waals surface area contributed by atoms with Crippen molar-refractivity contribution in [1.82, 2.24) is 0 Å². The van der Waals surface area contributed by atoms with E-state index in [0.717, 1.165) is 5.75 Å². The van der Waals surface area contributed by atoms with Gasteiger partial charge < -0.3 is 5.11 Å². The Labute approximate surface area is 123 Å². The lowest BCUT2D eigenvalue weighted by atomic mass is 10.1. The first-order chi connectivity index (χ1) is 9.45. The molecule has 1 atom stereocenters. The van der Waals surface area contributed by atoms with Crippen LogP contribution in [-0.2, 0) is 5.75 Å². The van der Waals surface area contributed by atoms with Crippen molar-refractivity contribution < 1.29 is 9.50 Å². The smallest absolute Gasteiger partial charge is 0.137 e. The van der Waals surface area contributed by atoms with Gasteiger partial charge in [0.05, 0.1) is 6.10 Å². The lowest BCUT2D eigenvalue weighted by Crippen LogP contribution is -1.93. The number of hydrogen-bond donors (Lipinski definition) is 1. The molecular formula is C17H19FOS. The molecule has 2 rings (SSSR count). The van der Waals surface area contributed by atoms with E-state index in [1.165, 1.54) is 34.5 Å². The van der Waals surface area contributed by atoms with Crippen molar-refractivity contribution in [2.45, 2.75) is 37.5 Å². The fourth-order valence-corrected chi connectivity index (χ4v) is 3.06. The third-order valence-corrected chi connectivity index (χ3v) is 4.23. The molecule has 0 bridgehead atoms. The summed E-state index contributed by atoms with van der Waals surface area (Å²) in [6, 6.07) is 11.3. The summed E-state index contributed by atoms with van der Waals surface area (Å²) in [6.07, 6.45) is -0.636. The second-order valence-electron chi connectivity index (χ2n) is 5.15. The van der Waals surface area contributed by atoms with E-state index >= 15 is 0 Å². The normalized spacial score (nSPS) is 12.4. The van der Waals surface area contributed by atoms with E-state index < -0.39 is 6.10 Å². The highest BCUT2D eigenvalue weighted by atomic mass is 32.2. The summed E-state index contributed by atoms with van der Waals surface area (Å²) in [4.78, 5) is 0.619. The zero-order valence-corrected chi connectivity index (χ0v) is 12.8. The predicted molar refractivity (Wildman–Crippen MR) is 82.5 cm³/mol. The van der Waals surface area contributed by atoms with Crippen LogP contribution in [0, 0.1) is 19.7 Å². The van der Waals surface area contributed by atoms with Crippen molar-refractivity contribution in [3.8, 4) is 0 Å². The van der Waals surface area contributed by atoms with Crippen LogP contribution in [0.5, 0.6) is 0 Å². The lowest BCUT2D eigenvalue weighted by Gasteiger charge is -2.09. The SMILES string of the molecule is Cc1cc(C)cc(CSc2ccc([C@H](C)O)cc2F)c1. The number of thioether (sulfide) groups is 1. The molecule has 20 heavy (non-hydrogen) atoms. The molecule has 106 valence electrons. The van der Waals surface area contributed by atoms with E-state index in [4.69, 9.17) is 0 Å². The van der Waals surface area contributed by atoms with Crippen LogP contribution in [0.25, 0.3) is 0 Å². The van der Waals surface area contributed by atoms with Crippen LogP contribution in [0.15, 0.2) is 41.3 Å². The Balaban J connectivity index is 2.11. The van der Waals surface area contributed by atoms with Crippen molar-refractivity contribution >= 4 is 11.8 Å². The van der Waals surface area contributed by atoms with Gasteiger partial charge in [-0.25, -0.2) is 4.39 Å². The topological polar surface area (TPSA) is 20.2 Å². The molecule has 1 nitrogen and oxygen atoms in total. The van der Waals surface area contributed by atoms with Crippen LogP contribution in [0.1, 0.15) is 35.3 Å². The van der Waals surface area contributed by atoms with Gasteiger partial charge in [-0.2, -0.15) is 0 Å². The molecular weight excluding hydrogens is 271 g/mol. The van der Waals surface area contributed by atoms with Gasteiger partial charge in [-0.05, 0) is 44.0 Å². The molecule has 0 fully saturated rings. The van der Waals surface area contributed by atoms with Gasteiger partial charge in [0.25, 0.3) is 0 Å².